The van der Waals surface area contributed by atoms with Crippen LogP contribution in [0.25, 0.3) is 10.9 Å². The molecular formula is C22H25N3. The molecule has 4 heterocycles. The predicted octanol–water partition coefficient (Wildman–Crippen LogP) is 4.11. The fraction of sp³-hybridized carbons (Fsp3) is 0.409. The molecule has 0 aliphatic carbocycles. The van der Waals surface area contributed by atoms with Gasteiger partial charge in [0, 0.05) is 55.4 Å². The van der Waals surface area contributed by atoms with Crippen LogP contribution in [0.5, 0.6) is 0 Å². The maximum absolute atomic E-state index is 4.23. The number of hydrogen-bond acceptors (Lipinski definition) is 2. The van der Waals surface area contributed by atoms with E-state index in [1.807, 2.05) is 12.4 Å². The third-order valence-electron chi connectivity index (χ3n) is 6.15. The first-order valence-corrected chi connectivity index (χ1v) is 9.36. The number of fused-ring (bicyclic) bond motifs is 3. The zero-order chi connectivity index (χ0) is 17.1. The van der Waals surface area contributed by atoms with Crippen molar-refractivity contribution in [2.75, 3.05) is 13.6 Å². The number of benzene rings is 1. The van der Waals surface area contributed by atoms with Gasteiger partial charge in [0.05, 0.1) is 5.52 Å². The van der Waals surface area contributed by atoms with E-state index in [1.54, 1.807) is 11.3 Å². The molecule has 0 saturated carbocycles. The van der Waals surface area contributed by atoms with Crippen LogP contribution in [0.1, 0.15) is 40.8 Å². The Hall–Kier alpha value is -2.13. The zero-order valence-corrected chi connectivity index (χ0v) is 15.3. The van der Waals surface area contributed by atoms with E-state index in [9.17, 15) is 0 Å². The van der Waals surface area contributed by atoms with Gasteiger partial charge in [-0.1, -0.05) is 18.6 Å². The number of aromatic nitrogens is 2. The largest absolute Gasteiger partial charge is 0.344 e. The molecule has 1 aromatic carbocycles. The van der Waals surface area contributed by atoms with Crippen LogP contribution >= 0.6 is 0 Å². The van der Waals surface area contributed by atoms with E-state index in [4.69, 9.17) is 0 Å². The molecule has 0 saturated heterocycles. The van der Waals surface area contributed by atoms with Gasteiger partial charge in [-0.15, -0.1) is 0 Å². The lowest BCUT2D eigenvalue weighted by atomic mass is 9.78. The number of hydrogen-bond donors (Lipinski definition) is 0. The Balaban J connectivity index is 1.81. The summed E-state index contributed by atoms with van der Waals surface area (Å²) in [7, 11) is 2.24. The highest BCUT2D eigenvalue weighted by atomic mass is 15.1. The smallest absolute Gasteiger partial charge is 0.0525 e. The van der Waals surface area contributed by atoms with Gasteiger partial charge in [0.2, 0.25) is 0 Å². The van der Waals surface area contributed by atoms with Gasteiger partial charge in [0.15, 0.2) is 0 Å². The van der Waals surface area contributed by atoms with Gasteiger partial charge in [-0.25, -0.2) is 0 Å². The average molecular weight is 331 g/mol. The Bertz CT molecular complexity index is 955. The Morgan fingerprint density at radius 1 is 1.16 bits per heavy atom. The van der Waals surface area contributed by atoms with Crippen LogP contribution in [-0.2, 0) is 19.5 Å². The standard InChI is InChI=1S/C22H25N3/c1-14-10-17-19-13-24(3)9-6-20(19)25-12-15(2)21(18(11-14)22(17)25)16-4-7-23-8-5-16/h4-5,7-8,10-11,15,21H,6,9,12-13H2,1-3H3. The van der Waals surface area contributed by atoms with E-state index in [-0.39, 0.29) is 0 Å². The Morgan fingerprint density at radius 2 is 1.96 bits per heavy atom. The molecule has 3 nitrogen and oxygen atoms in total. The van der Waals surface area contributed by atoms with Gasteiger partial charge in [0.25, 0.3) is 0 Å². The summed E-state index contributed by atoms with van der Waals surface area (Å²) < 4.78 is 2.65. The van der Waals surface area contributed by atoms with Gasteiger partial charge < -0.3 is 9.47 Å². The van der Waals surface area contributed by atoms with E-state index in [2.05, 4.69) is 59.6 Å². The SMILES string of the molecule is Cc1cc2c3c(c1)c1c(n3CC(C)C2c2ccncc2)CCN(C)C1. The maximum Gasteiger partial charge on any atom is 0.0525 e. The highest BCUT2D eigenvalue weighted by molar-refractivity contribution is 5.90. The molecule has 0 fully saturated rings. The molecule has 128 valence electrons. The molecule has 25 heavy (non-hydrogen) atoms. The quantitative estimate of drug-likeness (QED) is 0.669. The summed E-state index contributed by atoms with van der Waals surface area (Å²) in [4.78, 5) is 6.68. The van der Waals surface area contributed by atoms with Gasteiger partial charge in [-0.2, -0.15) is 0 Å². The molecule has 0 bridgehead atoms. The first kappa shape index (κ1) is 15.2. The van der Waals surface area contributed by atoms with Crippen molar-refractivity contribution in [1.82, 2.24) is 14.5 Å². The molecule has 2 aliphatic rings. The summed E-state index contributed by atoms with van der Waals surface area (Å²) >= 11 is 0. The van der Waals surface area contributed by atoms with Gasteiger partial charge >= 0.3 is 0 Å². The van der Waals surface area contributed by atoms with Crippen molar-refractivity contribution in [3.63, 3.8) is 0 Å². The van der Waals surface area contributed by atoms with Crippen LogP contribution in [0.3, 0.4) is 0 Å². The van der Waals surface area contributed by atoms with Crippen LogP contribution in [0.2, 0.25) is 0 Å². The molecule has 0 spiro atoms. The van der Waals surface area contributed by atoms with Gasteiger partial charge in [0.1, 0.15) is 0 Å². The van der Waals surface area contributed by atoms with Crippen molar-refractivity contribution in [1.29, 1.82) is 0 Å². The number of aryl methyl sites for hydroxylation is 1. The summed E-state index contributed by atoms with van der Waals surface area (Å²) in [5, 5.41) is 1.49. The minimum Gasteiger partial charge on any atom is -0.344 e. The van der Waals surface area contributed by atoms with Crippen molar-refractivity contribution in [2.24, 2.45) is 5.92 Å². The van der Waals surface area contributed by atoms with E-state index < -0.39 is 0 Å². The second-order valence-corrected chi connectivity index (χ2v) is 8.01. The highest BCUT2D eigenvalue weighted by Crippen LogP contribution is 2.45. The molecule has 3 aromatic rings. The molecule has 5 rings (SSSR count). The molecule has 0 radical (unpaired) electrons. The summed E-state index contributed by atoms with van der Waals surface area (Å²) in [6.07, 6.45) is 5.04. The zero-order valence-electron chi connectivity index (χ0n) is 15.3. The summed E-state index contributed by atoms with van der Waals surface area (Å²) in [5.41, 5.74) is 8.93. The van der Waals surface area contributed by atoms with E-state index >= 15 is 0 Å². The predicted molar refractivity (Wildman–Crippen MR) is 102 cm³/mol. The topological polar surface area (TPSA) is 21.1 Å². The van der Waals surface area contributed by atoms with Crippen molar-refractivity contribution in [3.05, 3.63) is 64.6 Å². The van der Waals surface area contributed by atoms with Crippen molar-refractivity contribution in [3.8, 4) is 0 Å². The lowest BCUT2D eigenvalue weighted by Gasteiger charge is -2.33. The minimum absolute atomic E-state index is 0.465. The van der Waals surface area contributed by atoms with Gasteiger partial charge in [-0.3, -0.25) is 4.98 Å². The highest BCUT2D eigenvalue weighted by Gasteiger charge is 2.33. The molecule has 2 aromatic heterocycles. The van der Waals surface area contributed by atoms with Crippen LogP contribution in [0.4, 0.5) is 0 Å². The van der Waals surface area contributed by atoms with E-state index in [0.717, 1.165) is 13.1 Å². The second-order valence-electron chi connectivity index (χ2n) is 8.01. The fourth-order valence-electron chi connectivity index (χ4n) is 5.12. The van der Waals surface area contributed by atoms with Crippen molar-refractivity contribution in [2.45, 2.75) is 39.3 Å². The molecule has 2 atom stereocenters. The molecule has 0 amide bonds. The molecule has 2 aliphatic heterocycles. The number of pyridine rings is 1. The number of rotatable bonds is 1. The molecular weight excluding hydrogens is 306 g/mol. The minimum atomic E-state index is 0.465. The summed E-state index contributed by atoms with van der Waals surface area (Å²) in [5.74, 6) is 1.06. The lowest BCUT2D eigenvalue weighted by molar-refractivity contribution is 0.305. The lowest BCUT2D eigenvalue weighted by Crippen LogP contribution is -2.29. The van der Waals surface area contributed by atoms with E-state index in [0.29, 0.717) is 11.8 Å². The van der Waals surface area contributed by atoms with Crippen LogP contribution in [-0.4, -0.2) is 28.0 Å². The number of nitrogens with zero attached hydrogens (tertiary/aromatic N) is 3. The first-order valence-electron chi connectivity index (χ1n) is 9.36. The van der Waals surface area contributed by atoms with Crippen LogP contribution < -0.4 is 0 Å². The Labute approximate surface area is 149 Å². The monoisotopic (exact) mass is 331 g/mol. The second kappa shape index (κ2) is 5.43. The molecule has 3 heteroatoms. The fourth-order valence-corrected chi connectivity index (χ4v) is 5.12. The normalized spacial score (nSPS) is 23.0. The molecule has 2 unspecified atom stereocenters. The van der Waals surface area contributed by atoms with Crippen LogP contribution in [0, 0.1) is 12.8 Å². The average Bonchev–Trinajstić information content (AvgIpc) is 2.89. The third kappa shape index (κ3) is 2.18. The van der Waals surface area contributed by atoms with Crippen molar-refractivity contribution < 1.29 is 0 Å². The molecule has 0 N–H and O–H groups in total. The Kier molecular flexibility index (Phi) is 3.29. The van der Waals surface area contributed by atoms with E-state index in [1.165, 1.54) is 40.6 Å². The summed E-state index contributed by atoms with van der Waals surface area (Å²) in [6.45, 7) is 8.02. The van der Waals surface area contributed by atoms with Crippen LogP contribution in [0.15, 0.2) is 36.7 Å². The first-order chi connectivity index (χ1) is 12.1. The maximum atomic E-state index is 4.23. The summed E-state index contributed by atoms with van der Waals surface area (Å²) in [6, 6.07) is 9.23. The Morgan fingerprint density at radius 3 is 2.76 bits per heavy atom. The third-order valence-corrected chi connectivity index (χ3v) is 6.15. The van der Waals surface area contributed by atoms with Gasteiger partial charge in [-0.05, 0) is 54.8 Å². The number of likely N-dealkylation sites (N-methyl/N-ethyl adjacent to an activating group) is 1. The van der Waals surface area contributed by atoms with Crippen molar-refractivity contribution >= 4 is 10.9 Å².